The van der Waals surface area contributed by atoms with Gasteiger partial charge in [0.1, 0.15) is 5.82 Å². The van der Waals surface area contributed by atoms with Crippen LogP contribution in [0, 0.1) is 24.1 Å². The van der Waals surface area contributed by atoms with Crippen molar-refractivity contribution in [3.8, 4) is 6.07 Å². The van der Waals surface area contributed by atoms with Crippen LogP contribution in [0.5, 0.6) is 0 Å². The van der Waals surface area contributed by atoms with Gasteiger partial charge in [0.2, 0.25) is 0 Å². The van der Waals surface area contributed by atoms with Crippen molar-refractivity contribution in [3.05, 3.63) is 63.6 Å². The summed E-state index contributed by atoms with van der Waals surface area (Å²) in [5.41, 5.74) is 1.22. The quantitative estimate of drug-likeness (QED) is 0.805. The zero-order chi connectivity index (χ0) is 13.1. The second-order valence-corrected chi connectivity index (χ2v) is 3.96. The Morgan fingerprint density at radius 2 is 2.28 bits per heavy atom. The number of aromatic nitrogens is 2. The number of nitrogens with zero attached hydrogens (tertiary/aromatic N) is 3. The molecule has 0 bridgehead atoms. The monoisotopic (exact) mass is 243 g/mol. The van der Waals surface area contributed by atoms with Crippen molar-refractivity contribution in [1.82, 2.24) is 9.55 Å². The second-order valence-electron chi connectivity index (χ2n) is 3.96. The fourth-order valence-electron chi connectivity index (χ4n) is 1.66. The van der Waals surface area contributed by atoms with Crippen molar-refractivity contribution in [1.29, 1.82) is 5.26 Å². The molecule has 90 valence electrons. The van der Waals surface area contributed by atoms with E-state index in [4.69, 9.17) is 5.26 Å². The molecule has 5 heteroatoms. The molecule has 0 aliphatic carbocycles. The first-order chi connectivity index (χ1) is 8.60. The number of benzene rings is 1. The number of aryl methyl sites for hydroxylation is 1. The van der Waals surface area contributed by atoms with Crippen LogP contribution in [-0.4, -0.2) is 9.55 Å². The fraction of sp³-hybridized carbons (Fsp3) is 0.154. The summed E-state index contributed by atoms with van der Waals surface area (Å²) in [7, 11) is 0. The molecule has 0 fully saturated rings. The highest BCUT2D eigenvalue weighted by atomic mass is 19.1. The van der Waals surface area contributed by atoms with E-state index < -0.39 is 11.5 Å². The topological polar surface area (TPSA) is 58.7 Å². The van der Waals surface area contributed by atoms with Crippen molar-refractivity contribution in [2.24, 2.45) is 0 Å². The SMILES string of the molecule is Cc1cnc(=O)n(Cc2cc(F)ccc2C#N)c1. The maximum atomic E-state index is 13.2. The first kappa shape index (κ1) is 12.0. The number of rotatable bonds is 2. The molecular formula is C13H10FN3O. The lowest BCUT2D eigenvalue weighted by Gasteiger charge is -2.07. The summed E-state index contributed by atoms with van der Waals surface area (Å²) in [5, 5.41) is 8.94. The average Bonchev–Trinajstić information content (AvgIpc) is 2.34. The average molecular weight is 243 g/mol. The summed E-state index contributed by atoms with van der Waals surface area (Å²) in [6.45, 7) is 1.94. The van der Waals surface area contributed by atoms with Crippen molar-refractivity contribution < 1.29 is 4.39 Å². The molecular weight excluding hydrogens is 233 g/mol. The van der Waals surface area contributed by atoms with E-state index in [2.05, 4.69) is 4.98 Å². The first-order valence-corrected chi connectivity index (χ1v) is 5.32. The first-order valence-electron chi connectivity index (χ1n) is 5.32. The van der Waals surface area contributed by atoms with Gasteiger partial charge in [0.25, 0.3) is 0 Å². The molecule has 4 nitrogen and oxygen atoms in total. The Bertz CT molecular complexity index is 685. The van der Waals surface area contributed by atoms with Gasteiger partial charge in [-0.2, -0.15) is 5.26 Å². The van der Waals surface area contributed by atoms with Crippen molar-refractivity contribution in [2.75, 3.05) is 0 Å². The van der Waals surface area contributed by atoms with E-state index in [1.54, 1.807) is 13.1 Å². The molecule has 0 saturated carbocycles. The maximum Gasteiger partial charge on any atom is 0.347 e. The van der Waals surface area contributed by atoms with Crippen LogP contribution in [-0.2, 0) is 6.54 Å². The summed E-state index contributed by atoms with van der Waals surface area (Å²) in [4.78, 5) is 15.2. The third kappa shape index (κ3) is 2.43. The molecule has 0 aliphatic rings. The zero-order valence-electron chi connectivity index (χ0n) is 9.72. The number of hydrogen-bond donors (Lipinski definition) is 0. The molecule has 2 aromatic rings. The summed E-state index contributed by atoms with van der Waals surface area (Å²) in [5.74, 6) is -0.433. The smallest absolute Gasteiger partial charge is 0.294 e. The molecule has 1 aromatic heterocycles. The van der Waals surface area contributed by atoms with Gasteiger partial charge < -0.3 is 0 Å². The van der Waals surface area contributed by atoms with Gasteiger partial charge in [0, 0.05) is 12.4 Å². The highest BCUT2D eigenvalue weighted by Gasteiger charge is 2.06. The Hall–Kier alpha value is -2.48. The fourth-order valence-corrected chi connectivity index (χ4v) is 1.66. The summed E-state index contributed by atoms with van der Waals surface area (Å²) < 4.78 is 14.5. The van der Waals surface area contributed by atoms with E-state index >= 15 is 0 Å². The number of nitriles is 1. The van der Waals surface area contributed by atoms with Gasteiger partial charge in [-0.15, -0.1) is 0 Å². The molecule has 0 unspecified atom stereocenters. The Kier molecular flexibility index (Phi) is 3.20. The van der Waals surface area contributed by atoms with E-state index in [0.29, 0.717) is 11.1 Å². The molecule has 0 radical (unpaired) electrons. The van der Waals surface area contributed by atoms with Crippen molar-refractivity contribution >= 4 is 0 Å². The number of halogens is 1. The molecule has 2 rings (SSSR count). The van der Waals surface area contributed by atoms with Crippen LogP contribution in [0.15, 0.2) is 35.4 Å². The van der Waals surface area contributed by atoms with E-state index in [1.807, 2.05) is 6.07 Å². The lowest BCUT2D eigenvalue weighted by molar-refractivity contribution is 0.621. The van der Waals surface area contributed by atoms with Crippen LogP contribution >= 0.6 is 0 Å². The molecule has 0 spiro atoms. The van der Waals surface area contributed by atoms with E-state index in [0.717, 1.165) is 5.56 Å². The Morgan fingerprint density at radius 3 is 3.00 bits per heavy atom. The summed E-state index contributed by atoms with van der Waals surface area (Å²) in [6, 6.07) is 5.86. The van der Waals surface area contributed by atoms with Gasteiger partial charge in [0.05, 0.1) is 18.2 Å². The molecule has 0 saturated heterocycles. The van der Waals surface area contributed by atoms with Gasteiger partial charge in [-0.3, -0.25) is 4.57 Å². The molecule has 1 aromatic carbocycles. The Morgan fingerprint density at radius 1 is 1.50 bits per heavy atom. The van der Waals surface area contributed by atoms with Gasteiger partial charge in [0.15, 0.2) is 0 Å². The van der Waals surface area contributed by atoms with Crippen LogP contribution in [0.4, 0.5) is 4.39 Å². The Labute approximate surface area is 103 Å². The molecule has 1 heterocycles. The van der Waals surface area contributed by atoms with Gasteiger partial charge in [-0.05, 0) is 36.2 Å². The molecule has 18 heavy (non-hydrogen) atoms. The summed E-state index contributed by atoms with van der Waals surface area (Å²) >= 11 is 0. The number of hydrogen-bond acceptors (Lipinski definition) is 3. The van der Waals surface area contributed by atoms with Gasteiger partial charge >= 0.3 is 5.69 Å². The van der Waals surface area contributed by atoms with E-state index in [9.17, 15) is 9.18 Å². The van der Waals surface area contributed by atoms with Crippen LogP contribution in [0.2, 0.25) is 0 Å². The molecule has 0 aliphatic heterocycles. The molecule has 0 atom stereocenters. The van der Waals surface area contributed by atoms with Crippen LogP contribution in [0.3, 0.4) is 0 Å². The third-order valence-electron chi connectivity index (χ3n) is 2.51. The van der Waals surface area contributed by atoms with Crippen molar-refractivity contribution in [2.45, 2.75) is 13.5 Å². The maximum absolute atomic E-state index is 13.2. The van der Waals surface area contributed by atoms with Crippen LogP contribution in [0.25, 0.3) is 0 Å². The lowest BCUT2D eigenvalue weighted by Crippen LogP contribution is -2.23. The predicted molar refractivity (Wildman–Crippen MR) is 63.5 cm³/mol. The highest BCUT2D eigenvalue weighted by Crippen LogP contribution is 2.11. The summed E-state index contributed by atoms with van der Waals surface area (Å²) in [6.07, 6.45) is 3.09. The highest BCUT2D eigenvalue weighted by molar-refractivity contribution is 5.38. The predicted octanol–water partition coefficient (Wildman–Crippen LogP) is 1.61. The normalized spacial score (nSPS) is 10.1. The largest absolute Gasteiger partial charge is 0.347 e. The zero-order valence-corrected chi connectivity index (χ0v) is 9.72. The lowest BCUT2D eigenvalue weighted by atomic mass is 10.1. The third-order valence-corrected chi connectivity index (χ3v) is 2.51. The van der Waals surface area contributed by atoms with E-state index in [1.165, 1.54) is 29.0 Å². The van der Waals surface area contributed by atoms with Crippen molar-refractivity contribution in [3.63, 3.8) is 0 Å². The van der Waals surface area contributed by atoms with Crippen LogP contribution in [0.1, 0.15) is 16.7 Å². The minimum atomic E-state index is -0.433. The van der Waals surface area contributed by atoms with Gasteiger partial charge in [-0.25, -0.2) is 14.2 Å². The van der Waals surface area contributed by atoms with Gasteiger partial charge in [-0.1, -0.05) is 0 Å². The minimum absolute atomic E-state index is 0.133. The molecule has 0 N–H and O–H groups in total. The standard InChI is InChI=1S/C13H10FN3O/c1-9-6-16-13(18)17(7-9)8-11-4-12(14)3-2-10(11)5-15/h2-4,6-7H,8H2,1H3. The molecule has 0 amide bonds. The van der Waals surface area contributed by atoms with E-state index in [-0.39, 0.29) is 6.54 Å². The van der Waals surface area contributed by atoms with Crippen LogP contribution < -0.4 is 5.69 Å². The Balaban J connectivity index is 2.46. The second kappa shape index (κ2) is 4.80. The minimum Gasteiger partial charge on any atom is -0.294 e.